The third-order valence-corrected chi connectivity index (χ3v) is 2.34. The normalized spacial score (nSPS) is 12.8. The lowest BCUT2D eigenvalue weighted by Crippen LogP contribution is -2.17. The zero-order valence-electron chi connectivity index (χ0n) is 9.63. The Morgan fingerprint density at radius 2 is 1.94 bits per heavy atom. The van der Waals surface area contributed by atoms with Crippen molar-refractivity contribution in [2.75, 3.05) is 7.11 Å². The molecule has 0 saturated carbocycles. The number of methoxy groups -OCH3 is 1. The van der Waals surface area contributed by atoms with E-state index in [9.17, 15) is 17.6 Å². The Hall–Kier alpha value is -1.01. The molecular formula is C11H14ClF4NO. The Morgan fingerprint density at radius 1 is 1.33 bits per heavy atom. The highest BCUT2D eigenvalue weighted by molar-refractivity contribution is 5.85. The first-order valence-corrected chi connectivity index (χ1v) is 4.99. The van der Waals surface area contributed by atoms with Gasteiger partial charge in [-0.2, -0.15) is 13.2 Å². The zero-order chi connectivity index (χ0) is 13.1. The largest absolute Gasteiger partial charge is 0.497 e. The first-order valence-electron chi connectivity index (χ1n) is 4.99. The van der Waals surface area contributed by atoms with Crippen molar-refractivity contribution in [3.8, 4) is 5.75 Å². The van der Waals surface area contributed by atoms with Crippen LogP contribution in [0.25, 0.3) is 0 Å². The Balaban J connectivity index is 0.00000289. The van der Waals surface area contributed by atoms with Gasteiger partial charge in [0.25, 0.3) is 0 Å². The molecule has 0 aliphatic heterocycles. The van der Waals surface area contributed by atoms with Gasteiger partial charge in [-0.15, -0.1) is 12.4 Å². The molecule has 0 aliphatic rings. The number of halogens is 5. The second kappa shape index (κ2) is 6.80. The molecule has 0 fully saturated rings. The van der Waals surface area contributed by atoms with Gasteiger partial charge in [-0.3, -0.25) is 0 Å². The molecule has 0 heterocycles. The van der Waals surface area contributed by atoms with Gasteiger partial charge in [-0.25, -0.2) is 4.39 Å². The van der Waals surface area contributed by atoms with Crippen molar-refractivity contribution in [3.63, 3.8) is 0 Å². The Labute approximate surface area is 109 Å². The van der Waals surface area contributed by atoms with E-state index >= 15 is 0 Å². The van der Waals surface area contributed by atoms with Crippen molar-refractivity contribution in [1.29, 1.82) is 0 Å². The lowest BCUT2D eigenvalue weighted by Gasteiger charge is -2.15. The number of nitrogens with two attached hydrogens (primary N) is 1. The van der Waals surface area contributed by atoms with Crippen molar-refractivity contribution < 1.29 is 22.3 Å². The molecule has 1 rings (SSSR count). The molecule has 0 spiro atoms. The maximum atomic E-state index is 13.4. The average Bonchev–Trinajstić information content (AvgIpc) is 2.25. The van der Waals surface area contributed by atoms with Crippen LogP contribution in [0.2, 0.25) is 0 Å². The molecule has 7 heteroatoms. The summed E-state index contributed by atoms with van der Waals surface area (Å²) in [7, 11) is 1.39. The number of benzene rings is 1. The van der Waals surface area contributed by atoms with Crippen molar-refractivity contribution >= 4 is 12.4 Å². The molecule has 0 bridgehead atoms. The fourth-order valence-electron chi connectivity index (χ4n) is 1.41. The molecule has 18 heavy (non-hydrogen) atoms. The van der Waals surface area contributed by atoms with E-state index in [4.69, 9.17) is 10.5 Å². The van der Waals surface area contributed by atoms with Gasteiger partial charge in [0.15, 0.2) is 0 Å². The quantitative estimate of drug-likeness (QED) is 0.859. The minimum Gasteiger partial charge on any atom is -0.497 e. The van der Waals surface area contributed by atoms with Crippen molar-refractivity contribution in [2.24, 2.45) is 5.73 Å². The van der Waals surface area contributed by atoms with Crippen LogP contribution in [0, 0.1) is 5.82 Å². The number of hydrogen-bond acceptors (Lipinski definition) is 2. The van der Waals surface area contributed by atoms with E-state index in [2.05, 4.69) is 0 Å². The first kappa shape index (κ1) is 17.0. The van der Waals surface area contributed by atoms with E-state index in [0.29, 0.717) is 5.75 Å². The summed E-state index contributed by atoms with van der Waals surface area (Å²) in [6, 6.07) is 2.83. The molecule has 0 aliphatic carbocycles. The minimum atomic E-state index is -4.28. The van der Waals surface area contributed by atoms with Gasteiger partial charge in [0.1, 0.15) is 11.6 Å². The summed E-state index contributed by atoms with van der Waals surface area (Å²) >= 11 is 0. The molecule has 104 valence electrons. The van der Waals surface area contributed by atoms with Crippen LogP contribution in [-0.4, -0.2) is 13.3 Å². The van der Waals surface area contributed by atoms with E-state index in [-0.39, 0.29) is 24.4 Å². The SMILES string of the molecule is COc1ccc(F)c([C@@H](N)CCC(F)(F)F)c1.Cl. The zero-order valence-corrected chi connectivity index (χ0v) is 10.4. The summed E-state index contributed by atoms with van der Waals surface area (Å²) in [4.78, 5) is 0. The molecule has 0 saturated heterocycles. The summed E-state index contributed by atoms with van der Waals surface area (Å²) in [5.41, 5.74) is 5.57. The summed E-state index contributed by atoms with van der Waals surface area (Å²) in [6.45, 7) is 0. The van der Waals surface area contributed by atoms with Crippen LogP contribution in [0.5, 0.6) is 5.75 Å². The van der Waals surface area contributed by atoms with Crippen LogP contribution in [0.1, 0.15) is 24.4 Å². The van der Waals surface area contributed by atoms with E-state index in [1.807, 2.05) is 0 Å². The second-order valence-corrected chi connectivity index (χ2v) is 3.65. The maximum absolute atomic E-state index is 13.4. The molecule has 2 nitrogen and oxygen atoms in total. The highest BCUT2D eigenvalue weighted by Crippen LogP contribution is 2.28. The number of hydrogen-bond donors (Lipinski definition) is 1. The van der Waals surface area contributed by atoms with Crippen molar-refractivity contribution in [3.05, 3.63) is 29.6 Å². The first-order chi connectivity index (χ1) is 7.83. The predicted molar refractivity (Wildman–Crippen MR) is 62.4 cm³/mol. The van der Waals surface area contributed by atoms with Crippen molar-refractivity contribution in [2.45, 2.75) is 25.1 Å². The lowest BCUT2D eigenvalue weighted by molar-refractivity contribution is -0.136. The van der Waals surface area contributed by atoms with Gasteiger partial charge in [-0.05, 0) is 24.6 Å². The smallest absolute Gasteiger partial charge is 0.389 e. The second-order valence-electron chi connectivity index (χ2n) is 3.65. The Bertz CT molecular complexity index is 384. The fourth-order valence-corrected chi connectivity index (χ4v) is 1.41. The molecule has 0 amide bonds. The van der Waals surface area contributed by atoms with Crippen LogP contribution in [0.3, 0.4) is 0 Å². The predicted octanol–water partition coefficient (Wildman–Crippen LogP) is 3.60. The van der Waals surface area contributed by atoms with Gasteiger partial charge in [-0.1, -0.05) is 0 Å². The van der Waals surface area contributed by atoms with Gasteiger partial charge in [0.2, 0.25) is 0 Å². The van der Waals surface area contributed by atoms with Crippen LogP contribution in [-0.2, 0) is 0 Å². The Kier molecular flexibility index (Phi) is 6.42. The van der Waals surface area contributed by atoms with E-state index in [1.165, 1.54) is 19.2 Å². The van der Waals surface area contributed by atoms with Gasteiger partial charge < -0.3 is 10.5 Å². The molecule has 2 N–H and O–H groups in total. The van der Waals surface area contributed by atoms with E-state index < -0.39 is 24.5 Å². The summed E-state index contributed by atoms with van der Waals surface area (Å²) < 4.78 is 54.2. The van der Waals surface area contributed by atoms with Gasteiger partial charge in [0, 0.05) is 18.0 Å². The topological polar surface area (TPSA) is 35.2 Å². The minimum absolute atomic E-state index is 0. The molecule has 0 radical (unpaired) electrons. The maximum Gasteiger partial charge on any atom is 0.389 e. The fraction of sp³-hybridized carbons (Fsp3) is 0.455. The molecule has 1 atom stereocenters. The number of alkyl halides is 3. The summed E-state index contributed by atoms with van der Waals surface area (Å²) in [6.07, 6.45) is -5.68. The Morgan fingerprint density at radius 3 is 2.44 bits per heavy atom. The third kappa shape index (κ3) is 5.10. The summed E-state index contributed by atoms with van der Waals surface area (Å²) in [5.74, 6) is -0.260. The van der Waals surface area contributed by atoms with E-state index in [1.54, 1.807) is 0 Å². The average molecular weight is 288 g/mol. The van der Waals surface area contributed by atoms with Crippen LogP contribution < -0.4 is 10.5 Å². The summed E-state index contributed by atoms with van der Waals surface area (Å²) in [5, 5.41) is 0. The number of ether oxygens (including phenoxy) is 1. The highest BCUT2D eigenvalue weighted by atomic mass is 35.5. The molecule has 0 aromatic heterocycles. The van der Waals surface area contributed by atoms with Crippen LogP contribution in [0.15, 0.2) is 18.2 Å². The standard InChI is InChI=1S/C11H13F4NO.ClH/c1-17-7-2-3-9(12)8(6-7)10(16)4-5-11(13,14)15;/h2-3,6,10H,4-5,16H2,1H3;1H/t10-;/m0./s1. The molecular weight excluding hydrogens is 274 g/mol. The third-order valence-electron chi connectivity index (χ3n) is 2.34. The highest BCUT2D eigenvalue weighted by Gasteiger charge is 2.28. The van der Waals surface area contributed by atoms with Crippen LogP contribution in [0.4, 0.5) is 17.6 Å². The van der Waals surface area contributed by atoms with Crippen LogP contribution >= 0.6 is 12.4 Å². The monoisotopic (exact) mass is 287 g/mol. The van der Waals surface area contributed by atoms with Gasteiger partial charge in [0.05, 0.1) is 7.11 Å². The van der Waals surface area contributed by atoms with E-state index in [0.717, 1.165) is 6.07 Å². The number of rotatable bonds is 4. The van der Waals surface area contributed by atoms with Gasteiger partial charge >= 0.3 is 6.18 Å². The van der Waals surface area contributed by atoms with Crippen molar-refractivity contribution in [1.82, 2.24) is 0 Å². The molecule has 0 unspecified atom stereocenters. The molecule has 1 aromatic rings. The molecule has 1 aromatic carbocycles. The lowest BCUT2D eigenvalue weighted by atomic mass is 10.0.